The van der Waals surface area contributed by atoms with Gasteiger partial charge >= 0.3 is 0 Å². The predicted octanol–water partition coefficient (Wildman–Crippen LogP) is 2.52. The lowest BCUT2D eigenvalue weighted by Gasteiger charge is -2.18. The van der Waals surface area contributed by atoms with Crippen molar-refractivity contribution in [2.45, 2.75) is 19.0 Å². The first-order valence-electron chi connectivity index (χ1n) is 6.09. The van der Waals surface area contributed by atoms with E-state index in [1.165, 1.54) is 12.8 Å². The summed E-state index contributed by atoms with van der Waals surface area (Å²) in [5.41, 5.74) is 0.682. The first-order chi connectivity index (χ1) is 8.33. The molecule has 0 aliphatic carbocycles. The molecule has 0 aromatic heterocycles. The minimum atomic E-state index is -0.942. The molecule has 2 aliphatic rings. The summed E-state index contributed by atoms with van der Waals surface area (Å²) in [6.07, 6.45) is 1.43. The molecule has 0 unspecified atom stereocenters. The lowest BCUT2D eigenvalue weighted by atomic mass is 10.1. The Balaban J connectivity index is 1.70. The second kappa shape index (κ2) is 4.53. The van der Waals surface area contributed by atoms with Gasteiger partial charge < -0.3 is 14.4 Å². The van der Waals surface area contributed by atoms with Crippen LogP contribution in [0.15, 0.2) is 18.2 Å². The Morgan fingerprint density at radius 1 is 1.18 bits per heavy atom. The molecule has 0 N–H and O–H groups in total. The number of hydrogen-bond donors (Lipinski definition) is 0. The fraction of sp³-hybridized carbons (Fsp3) is 0.538. The molecule has 0 bridgehead atoms. The molecule has 1 aromatic carbocycles. The van der Waals surface area contributed by atoms with Gasteiger partial charge in [0.25, 0.3) is 0 Å². The molecule has 0 saturated carbocycles. The average Bonchev–Trinajstić information content (AvgIpc) is 2.97. The predicted molar refractivity (Wildman–Crippen MR) is 62.1 cm³/mol. The van der Waals surface area contributed by atoms with Crippen LogP contribution in [-0.2, 0) is 0 Å². The van der Waals surface area contributed by atoms with Gasteiger partial charge in [-0.15, -0.1) is 0 Å². The van der Waals surface area contributed by atoms with Crippen LogP contribution in [0.3, 0.4) is 0 Å². The molecule has 0 amide bonds. The topological polar surface area (TPSA) is 21.7 Å². The maximum atomic E-state index is 14.1. The first-order valence-corrected chi connectivity index (χ1v) is 6.09. The molecular weight excluding hydrogens is 221 g/mol. The normalized spacial score (nSPS) is 20.8. The Morgan fingerprint density at radius 3 is 2.76 bits per heavy atom. The van der Waals surface area contributed by atoms with Crippen LogP contribution < -0.4 is 9.47 Å². The number of ether oxygens (including phenoxy) is 2. The van der Waals surface area contributed by atoms with Gasteiger partial charge in [-0.1, -0.05) is 6.07 Å². The lowest BCUT2D eigenvalue weighted by molar-refractivity contribution is 0.173. The summed E-state index contributed by atoms with van der Waals surface area (Å²) in [4.78, 5) is 2.18. The van der Waals surface area contributed by atoms with E-state index in [1.807, 2.05) is 0 Å². The zero-order valence-corrected chi connectivity index (χ0v) is 9.69. The van der Waals surface area contributed by atoms with Crippen molar-refractivity contribution in [3.63, 3.8) is 0 Å². The fourth-order valence-electron chi connectivity index (χ4n) is 2.41. The highest BCUT2D eigenvalue weighted by molar-refractivity contribution is 5.45. The Kier molecular flexibility index (Phi) is 2.89. The van der Waals surface area contributed by atoms with E-state index in [1.54, 1.807) is 18.2 Å². The standard InChI is InChI=1S/C13H16FNO2/c14-11(8-15-5-1-2-6-15)10-3-4-12-13(7-10)17-9-16-12/h3-4,7,11H,1-2,5-6,8-9H2/t11-/m0/s1. The third kappa shape index (κ3) is 2.22. The molecule has 2 aliphatic heterocycles. The SMILES string of the molecule is F[C@@H](CN1CCCC1)c1ccc2c(c1)OCO2. The summed E-state index contributed by atoms with van der Waals surface area (Å²) in [5, 5.41) is 0. The molecule has 1 saturated heterocycles. The van der Waals surface area contributed by atoms with Crippen molar-refractivity contribution in [1.82, 2.24) is 4.90 Å². The third-order valence-electron chi connectivity index (χ3n) is 3.38. The Labute approximate surface area is 100 Å². The van der Waals surface area contributed by atoms with Crippen molar-refractivity contribution in [1.29, 1.82) is 0 Å². The molecule has 1 atom stereocenters. The molecular formula is C13H16FNO2. The number of alkyl halides is 1. The largest absolute Gasteiger partial charge is 0.454 e. The number of nitrogens with zero attached hydrogens (tertiary/aromatic N) is 1. The van der Waals surface area contributed by atoms with Gasteiger partial charge in [-0.25, -0.2) is 4.39 Å². The average molecular weight is 237 g/mol. The fourth-order valence-corrected chi connectivity index (χ4v) is 2.41. The van der Waals surface area contributed by atoms with Crippen molar-refractivity contribution < 1.29 is 13.9 Å². The molecule has 92 valence electrons. The summed E-state index contributed by atoms with van der Waals surface area (Å²) in [6.45, 7) is 2.76. The van der Waals surface area contributed by atoms with Crippen molar-refractivity contribution in [3.8, 4) is 11.5 Å². The van der Waals surface area contributed by atoms with Gasteiger partial charge in [-0.2, -0.15) is 0 Å². The van der Waals surface area contributed by atoms with E-state index >= 15 is 0 Å². The first kappa shape index (κ1) is 10.8. The summed E-state index contributed by atoms with van der Waals surface area (Å²) < 4.78 is 24.6. The molecule has 1 aromatic rings. The quantitative estimate of drug-likeness (QED) is 0.806. The molecule has 0 radical (unpaired) electrons. The Morgan fingerprint density at radius 2 is 1.94 bits per heavy atom. The van der Waals surface area contributed by atoms with Gasteiger partial charge in [0.2, 0.25) is 6.79 Å². The summed E-state index contributed by atoms with van der Waals surface area (Å²) in [7, 11) is 0. The van der Waals surface area contributed by atoms with Crippen LogP contribution in [0.2, 0.25) is 0 Å². The summed E-state index contributed by atoms with van der Waals surface area (Å²) >= 11 is 0. The van der Waals surface area contributed by atoms with Crippen molar-refractivity contribution in [3.05, 3.63) is 23.8 Å². The molecule has 3 rings (SSSR count). The Hall–Kier alpha value is -1.29. The van der Waals surface area contributed by atoms with E-state index < -0.39 is 6.17 Å². The van der Waals surface area contributed by atoms with E-state index in [0.717, 1.165) is 13.1 Å². The highest BCUT2D eigenvalue weighted by Gasteiger charge is 2.21. The van der Waals surface area contributed by atoms with Crippen LogP contribution in [0, 0.1) is 0 Å². The number of fused-ring (bicyclic) bond motifs is 1. The van der Waals surface area contributed by atoms with E-state index in [-0.39, 0.29) is 6.79 Å². The minimum absolute atomic E-state index is 0.238. The van der Waals surface area contributed by atoms with Gasteiger partial charge in [0.15, 0.2) is 11.5 Å². The molecule has 3 nitrogen and oxygen atoms in total. The summed E-state index contributed by atoms with van der Waals surface area (Å²) in [6, 6.07) is 5.32. The van der Waals surface area contributed by atoms with Crippen LogP contribution in [0.5, 0.6) is 11.5 Å². The van der Waals surface area contributed by atoms with Crippen LogP contribution >= 0.6 is 0 Å². The van der Waals surface area contributed by atoms with Gasteiger partial charge in [0, 0.05) is 6.54 Å². The lowest BCUT2D eigenvalue weighted by Crippen LogP contribution is -2.23. The van der Waals surface area contributed by atoms with Gasteiger partial charge in [-0.05, 0) is 43.6 Å². The van der Waals surface area contributed by atoms with Crippen LogP contribution in [-0.4, -0.2) is 31.3 Å². The van der Waals surface area contributed by atoms with E-state index in [4.69, 9.17) is 9.47 Å². The second-order valence-corrected chi connectivity index (χ2v) is 4.59. The third-order valence-corrected chi connectivity index (χ3v) is 3.38. The molecule has 1 fully saturated rings. The van der Waals surface area contributed by atoms with Crippen molar-refractivity contribution in [2.24, 2.45) is 0 Å². The maximum absolute atomic E-state index is 14.1. The highest BCUT2D eigenvalue weighted by Crippen LogP contribution is 2.35. The zero-order chi connectivity index (χ0) is 11.7. The smallest absolute Gasteiger partial charge is 0.231 e. The van der Waals surface area contributed by atoms with E-state index in [2.05, 4.69) is 4.90 Å². The zero-order valence-electron chi connectivity index (χ0n) is 9.69. The van der Waals surface area contributed by atoms with Gasteiger partial charge in [0.05, 0.1) is 0 Å². The van der Waals surface area contributed by atoms with Crippen molar-refractivity contribution in [2.75, 3.05) is 26.4 Å². The summed E-state index contributed by atoms with van der Waals surface area (Å²) in [5.74, 6) is 1.37. The minimum Gasteiger partial charge on any atom is -0.454 e. The number of hydrogen-bond acceptors (Lipinski definition) is 3. The van der Waals surface area contributed by atoms with Crippen molar-refractivity contribution >= 4 is 0 Å². The molecule has 17 heavy (non-hydrogen) atoms. The van der Waals surface area contributed by atoms with Crippen LogP contribution in [0.1, 0.15) is 24.6 Å². The van der Waals surface area contributed by atoms with E-state index in [0.29, 0.717) is 23.6 Å². The highest BCUT2D eigenvalue weighted by atomic mass is 19.1. The maximum Gasteiger partial charge on any atom is 0.231 e. The monoisotopic (exact) mass is 237 g/mol. The van der Waals surface area contributed by atoms with Gasteiger partial charge in [0.1, 0.15) is 6.17 Å². The number of likely N-dealkylation sites (tertiary alicyclic amines) is 1. The van der Waals surface area contributed by atoms with Gasteiger partial charge in [-0.3, -0.25) is 0 Å². The molecule has 4 heteroatoms. The molecule has 2 heterocycles. The second-order valence-electron chi connectivity index (χ2n) is 4.59. The molecule has 0 spiro atoms. The van der Waals surface area contributed by atoms with E-state index in [9.17, 15) is 4.39 Å². The van der Waals surface area contributed by atoms with Crippen LogP contribution in [0.25, 0.3) is 0 Å². The number of halogens is 1. The van der Waals surface area contributed by atoms with Crippen LogP contribution in [0.4, 0.5) is 4.39 Å². The number of rotatable bonds is 3. The number of benzene rings is 1. The Bertz CT molecular complexity index is 404.